The Labute approximate surface area is 125 Å². The van der Waals surface area contributed by atoms with Gasteiger partial charge in [0.05, 0.1) is 6.54 Å². The van der Waals surface area contributed by atoms with Crippen molar-refractivity contribution in [3.63, 3.8) is 0 Å². The Balaban J connectivity index is 3.05. The highest BCUT2D eigenvalue weighted by molar-refractivity contribution is 7.91. The van der Waals surface area contributed by atoms with Crippen molar-refractivity contribution in [1.82, 2.24) is 9.78 Å². The van der Waals surface area contributed by atoms with Crippen LogP contribution in [0.15, 0.2) is 4.90 Å². The zero-order valence-electron chi connectivity index (χ0n) is 12.9. The van der Waals surface area contributed by atoms with Crippen molar-refractivity contribution in [1.29, 1.82) is 0 Å². The predicted molar refractivity (Wildman–Crippen MR) is 81.0 cm³/mol. The molecule has 0 aromatic carbocycles. The Morgan fingerprint density at radius 2 is 2.00 bits per heavy atom. The molecule has 0 saturated heterocycles. The van der Waals surface area contributed by atoms with E-state index in [-0.39, 0.29) is 23.1 Å². The highest BCUT2D eigenvalue weighted by Gasteiger charge is 2.24. The Kier molecular flexibility index (Phi) is 6.43. The summed E-state index contributed by atoms with van der Waals surface area (Å²) in [5.74, 6) is 0.380. The Morgan fingerprint density at radius 3 is 2.48 bits per heavy atom. The molecule has 8 nitrogen and oxygen atoms in total. The lowest BCUT2D eigenvalue weighted by atomic mass is 10.3. The quantitative estimate of drug-likeness (QED) is 0.645. The minimum Gasteiger partial charge on any atom is -0.383 e. The number of nitrogens with zero attached hydrogens (tertiary/aromatic N) is 2. The molecule has 0 bridgehead atoms. The first kappa shape index (κ1) is 17.7. The summed E-state index contributed by atoms with van der Waals surface area (Å²) in [6.07, 6.45) is 2.44. The number of methoxy groups -OCH3 is 2. The molecule has 0 radical (unpaired) electrons. The van der Waals surface area contributed by atoms with E-state index < -0.39 is 16.1 Å². The van der Waals surface area contributed by atoms with Crippen LogP contribution >= 0.6 is 0 Å². The van der Waals surface area contributed by atoms with E-state index in [0.29, 0.717) is 6.54 Å². The van der Waals surface area contributed by atoms with Gasteiger partial charge in [0, 0.05) is 27.0 Å². The Morgan fingerprint density at radius 1 is 1.38 bits per heavy atom. The SMILES string of the molecule is CCCCn1nc(NCC(OC)OC)c(S(C)(=O)=O)c1N. The number of rotatable bonds is 9. The van der Waals surface area contributed by atoms with Gasteiger partial charge in [0.1, 0.15) is 5.82 Å². The third-order valence-electron chi connectivity index (χ3n) is 3.00. The molecule has 1 rings (SSSR count). The van der Waals surface area contributed by atoms with Crippen LogP contribution in [0.4, 0.5) is 11.6 Å². The molecule has 0 atom stereocenters. The summed E-state index contributed by atoms with van der Waals surface area (Å²) in [6, 6.07) is 0. The van der Waals surface area contributed by atoms with Gasteiger partial charge in [-0.25, -0.2) is 13.1 Å². The number of nitrogens with one attached hydrogen (secondary N) is 1. The maximum absolute atomic E-state index is 11.9. The third-order valence-corrected chi connectivity index (χ3v) is 4.15. The van der Waals surface area contributed by atoms with Gasteiger partial charge in [-0.3, -0.25) is 0 Å². The molecule has 1 heterocycles. The number of hydrogen-bond acceptors (Lipinski definition) is 7. The highest BCUT2D eigenvalue weighted by atomic mass is 32.2. The largest absolute Gasteiger partial charge is 0.383 e. The van der Waals surface area contributed by atoms with Crippen LogP contribution < -0.4 is 11.1 Å². The van der Waals surface area contributed by atoms with E-state index in [0.717, 1.165) is 19.1 Å². The van der Waals surface area contributed by atoms with Gasteiger partial charge in [0.15, 0.2) is 26.8 Å². The normalized spacial score (nSPS) is 12.0. The number of unbranched alkanes of at least 4 members (excludes halogenated alkanes) is 1. The van der Waals surface area contributed by atoms with Crippen LogP contribution in [-0.4, -0.2) is 51.5 Å². The van der Waals surface area contributed by atoms with Crippen LogP contribution in [0.1, 0.15) is 19.8 Å². The van der Waals surface area contributed by atoms with Gasteiger partial charge in [-0.15, -0.1) is 0 Å². The number of hydrogen-bond donors (Lipinski definition) is 2. The van der Waals surface area contributed by atoms with Gasteiger partial charge in [0.25, 0.3) is 0 Å². The fourth-order valence-corrected chi connectivity index (χ4v) is 2.81. The summed E-state index contributed by atoms with van der Waals surface area (Å²) < 4.78 is 35.4. The minimum atomic E-state index is -3.48. The molecular weight excluding hydrogens is 296 g/mol. The number of sulfone groups is 1. The van der Waals surface area contributed by atoms with Gasteiger partial charge < -0.3 is 20.5 Å². The van der Waals surface area contributed by atoms with E-state index in [9.17, 15) is 8.42 Å². The molecule has 1 aromatic rings. The maximum Gasteiger partial charge on any atom is 0.182 e. The first-order valence-electron chi connectivity index (χ1n) is 6.70. The predicted octanol–water partition coefficient (Wildman–Crippen LogP) is 0.700. The van der Waals surface area contributed by atoms with Crippen LogP contribution in [0.3, 0.4) is 0 Å². The van der Waals surface area contributed by atoms with E-state index in [1.165, 1.54) is 18.9 Å². The zero-order chi connectivity index (χ0) is 16.0. The van der Waals surface area contributed by atoms with Crippen LogP contribution in [-0.2, 0) is 25.9 Å². The van der Waals surface area contributed by atoms with Gasteiger partial charge >= 0.3 is 0 Å². The summed E-state index contributed by atoms with van der Waals surface area (Å²) in [5.41, 5.74) is 5.92. The number of nitrogens with two attached hydrogens (primary N) is 1. The summed E-state index contributed by atoms with van der Waals surface area (Å²) in [6.45, 7) is 2.88. The van der Waals surface area contributed by atoms with Gasteiger partial charge in [-0.2, -0.15) is 5.10 Å². The van der Waals surface area contributed by atoms with Crippen LogP contribution in [0.25, 0.3) is 0 Å². The molecule has 0 spiro atoms. The summed E-state index contributed by atoms with van der Waals surface area (Å²) in [4.78, 5) is 0.0181. The first-order chi connectivity index (χ1) is 9.85. The molecule has 122 valence electrons. The van der Waals surface area contributed by atoms with E-state index >= 15 is 0 Å². The van der Waals surface area contributed by atoms with Crippen LogP contribution in [0.5, 0.6) is 0 Å². The monoisotopic (exact) mass is 320 g/mol. The third kappa shape index (κ3) is 4.58. The number of anilines is 2. The second-order valence-electron chi connectivity index (χ2n) is 4.69. The second kappa shape index (κ2) is 7.62. The topological polar surface area (TPSA) is 108 Å². The van der Waals surface area contributed by atoms with E-state index in [4.69, 9.17) is 15.2 Å². The number of nitrogen functional groups attached to an aromatic ring is 1. The molecule has 0 aliphatic carbocycles. The van der Waals surface area contributed by atoms with Crippen molar-refractivity contribution in [2.24, 2.45) is 0 Å². The van der Waals surface area contributed by atoms with E-state index in [1.54, 1.807) is 0 Å². The molecule has 0 fully saturated rings. The fourth-order valence-electron chi connectivity index (χ4n) is 1.86. The molecule has 3 N–H and O–H groups in total. The maximum atomic E-state index is 11.9. The van der Waals surface area contributed by atoms with Crippen molar-refractivity contribution >= 4 is 21.5 Å². The van der Waals surface area contributed by atoms with Gasteiger partial charge in [-0.05, 0) is 6.42 Å². The number of aromatic nitrogens is 2. The Bertz CT molecular complexity index is 552. The molecule has 1 aromatic heterocycles. The molecular formula is C12H24N4O4S. The Hall–Kier alpha value is -1.32. The lowest BCUT2D eigenvalue weighted by Gasteiger charge is -2.14. The van der Waals surface area contributed by atoms with E-state index in [1.807, 2.05) is 6.92 Å². The summed E-state index contributed by atoms with van der Waals surface area (Å²) in [7, 11) is -0.479. The summed E-state index contributed by atoms with van der Waals surface area (Å²) in [5, 5.41) is 7.16. The van der Waals surface area contributed by atoms with Crippen LogP contribution in [0.2, 0.25) is 0 Å². The standard InChI is InChI=1S/C12H24N4O4S/c1-5-6-7-16-11(13)10(21(4,17)18)12(15-16)14-8-9(19-2)20-3/h9H,5-8,13H2,1-4H3,(H,14,15). The molecule has 0 amide bonds. The molecule has 0 aliphatic heterocycles. The van der Waals surface area contributed by atoms with Crippen LogP contribution in [0, 0.1) is 0 Å². The van der Waals surface area contributed by atoms with Gasteiger partial charge in [0.2, 0.25) is 0 Å². The van der Waals surface area contributed by atoms with Crippen molar-refractivity contribution in [2.75, 3.05) is 38.1 Å². The fraction of sp³-hybridized carbons (Fsp3) is 0.750. The lowest BCUT2D eigenvalue weighted by Crippen LogP contribution is -2.24. The second-order valence-corrected chi connectivity index (χ2v) is 6.65. The number of aryl methyl sites for hydroxylation is 1. The zero-order valence-corrected chi connectivity index (χ0v) is 13.7. The van der Waals surface area contributed by atoms with Crippen molar-refractivity contribution in [3.8, 4) is 0 Å². The summed E-state index contributed by atoms with van der Waals surface area (Å²) >= 11 is 0. The average Bonchev–Trinajstić information content (AvgIpc) is 2.73. The van der Waals surface area contributed by atoms with Crippen molar-refractivity contribution in [3.05, 3.63) is 0 Å². The minimum absolute atomic E-state index is 0.0181. The molecule has 9 heteroatoms. The van der Waals surface area contributed by atoms with Gasteiger partial charge in [-0.1, -0.05) is 13.3 Å². The average molecular weight is 320 g/mol. The first-order valence-corrected chi connectivity index (χ1v) is 8.60. The highest BCUT2D eigenvalue weighted by Crippen LogP contribution is 2.27. The van der Waals surface area contributed by atoms with Crippen molar-refractivity contribution < 1.29 is 17.9 Å². The molecule has 0 unspecified atom stereocenters. The number of ether oxygens (including phenoxy) is 2. The molecule has 21 heavy (non-hydrogen) atoms. The van der Waals surface area contributed by atoms with Crippen molar-refractivity contribution in [2.45, 2.75) is 37.5 Å². The molecule has 0 saturated carbocycles. The molecule has 0 aliphatic rings. The smallest absolute Gasteiger partial charge is 0.182 e. The lowest BCUT2D eigenvalue weighted by molar-refractivity contribution is -0.0914. The van der Waals surface area contributed by atoms with E-state index in [2.05, 4.69) is 10.4 Å².